The van der Waals surface area contributed by atoms with E-state index in [2.05, 4.69) is 36.2 Å². The quantitative estimate of drug-likeness (QED) is 0.559. The van der Waals surface area contributed by atoms with Gasteiger partial charge in [-0.25, -0.2) is 10.8 Å². The van der Waals surface area contributed by atoms with Crippen LogP contribution < -0.4 is 11.3 Å². The second-order valence-electron chi connectivity index (χ2n) is 3.67. The number of nitrogens with one attached hydrogen (secondary N) is 1. The summed E-state index contributed by atoms with van der Waals surface area (Å²) in [6.07, 6.45) is 0. The minimum Gasteiger partial charge on any atom is -0.308 e. The van der Waals surface area contributed by atoms with Crippen LogP contribution in [-0.2, 0) is 6.54 Å². The van der Waals surface area contributed by atoms with Gasteiger partial charge in [-0.3, -0.25) is 4.90 Å². The molecule has 0 aliphatic carbocycles. The fraction of sp³-hybridized carbons (Fsp3) is 0.500. The number of hydrazine groups is 1. The van der Waals surface area contributed by atoms with Crippen LogP contribution in [0.2, 0.25) is 0 Å². The predicted octanol–water partition coefficient (Wildman–Crippen LogP) is 1.21. The lowest BCUT2D eigenvalue weighted by Crippen LogP contribution is -2.26. The van der Waals surface area contributed by atoms with Crippen LogP contribution in [0.3, 0.4) is 0 Å². The molecule has 0 aliphatic rings. The Morgan fingerprint density at radius 3 is 2.79 bits per heavy atom. The highest BCUT2D eigenvalue weighted by Crippen LogP contribution is 2.06. The highest BCUT2D eigenvalue weighted by Gasteiger charge is 2.05. The van der Waals surface area contributed by atoms with Gasteiger partial charge in [0.1, 0.15) is 5.82 Å². The van der Waals surface area contributed by atoms with Crippen molar-refractivity contribution < 1.29 is 0 Å². The number of rotatable bonds is 4. The van der Waals surface area contributed by atoms with Crippen LogP contribution in [-0.4, -0.2) is 23.0 Å². The van der Waals surface area contributed by atoms with E-state index in [0.717, 1.165) is 12.2 Å². The number of nitrogens with zero attached hydrogens (tertiary/aromatic N) is 2. The smallest absolute Gasteiger partial charge is 0.140 e. The summed E-state index contributed by atoms with van der Waals surface area (Å²) in [6.45, 7) is 5.16. The van der Waals surface area contributed by atoms with Crippen molar-refractivity contribution in [1.29, 1.82) is 0 Å². The number of nitrogen functional groups attached to an aromatic ring is 1. The molecule has 0 atom stereocenters. The van der Waals surface area contributed by atoms with Gasteiger partial charge in [-0.1, -0.05) is 6.07 Å². The standard InChI is InChI=1S/C10H18N4/c1-8(2)14(3)7-9-5-4-6-10(12-9)13-11/h4-6,8H,7,11H2,1-3H3,(H,12,13). The van der Waals surface area contributed by atoms with Crippen LogP contribution in [0.5, 0.6) is 0 Å². The highest BCUT2D eigenvalue weighted by molar-refractivity contribution is 5.33. The second-order valence-corrected chi connectivity index (χ2v) is 3.67. The molecule has 4 nitrogen and oxygen atoms in total. The monoisotopic (exact) mass is 194 g/mol. The molecule has 4 heteroatoms. The topological polar surface area (TPSA) is 54.2 Å². The number of hydrogen-bond acceptors (Lipinski definition) is 4. The number of pyridine rings is 1. The van der Waals surface area contributed by atoms with Crippen LogP contribution in [0.4, 0.5) is 5.82 Å². The summed E-state index contributed by atoms with van der Waals surface area (Å²) in [5.74, 6) is 5.99. The fourth-order valence-electron chi connectivity index (χ4n) is 1.09. The van der Waals surface area contributed by atoms with Gasteiger partial charge in [0.15, 0.2) is 0 Å². The van der Waals surface area contributed by atoms with Gasteiger partial charge in [0, 0.05) is 12.6 Å². The minimum absolute atomic E-state index is 0.520. The van der Waals surface area contributed by atoms with E-state index in [-0.39, 0.29) is 0 Å². The molecule has 78 valence electrons. The third-order valence-corrected chi connectivity index (χ3v) is 2.25. The molecule has 0 amide bonds. The average Bonchev–Trinajstić information content (AvgIpc) is 2.18. The Morgan fingerprint density at radius 2 is 2.21 bits per heavy atom. The van der Waals surface area contributed by atoms with E-state index in [1.54, 1.807) is 0 Å². The molecule has 0 saturated heterocycles. The maximum absolute atomic E-state index is 5.28. The Kier molecular flexibility index (Phi) is 3.85. The molecule has 3 N–H and O–H groups in total. The first-order chi connectivity index (χ1) is 6.63. The summed E-state index contributed by atoms with van der Waals surface area (Å²) in [4.78, 5) is 6.56. The van der Waals surface area contributed by atoms with Gasteiger partial charge in [-0.2, -0.15) is 0 Å². The Morgan fingerprint density at radius 1 is 1.50 bits per heavy atom. The van der Waals surface area contributed by atoms with Crippen LogP contribution in [0.15, 0.2) is 18.2 Å². The summed E-state index contributed by atoms with van der Waals surface area (Å²) in [5, 5.41) is 0. The molecule has 0 aromatic carbocycles. The summed E-state index contributed by atoms with van der Waals surface area (Å²) in [7, 11) is 2.08. The van der Waals surface area contributed by atoms with Crippen molar-refractivity contribution in [2.75, 3.05) is 12.5 Å². The van der Waals surface area contributed by atoms with Gasteiger partial charge in [0.05, 0.1) is 5.69 Å². The normalized spacial score (nSPS) is 11.0. The Labute approximate surface area is 85.1 Å². The molecule has 0 unspecified atom stereocenters. The number of anilines is 1. The van der Waals surface area contributed by atoms with Crippen molar-refractivity contribution in [3.63, 3.8) is 0 Å². The summed E-state index contributed by atoms with van der Waals surface area (Å²) in [5.41, 5.74) is 3.56. The van der Waals surface area contributed by atoms with Crippen LogP contribution in [0.25, 0.3) is 0 Å². The summed E-state index contributed by atoms with van der Waals surface area (Å²) in [6, 6.07) is 6.32. The Hall–Kier alpha value is -1.13. The van der Waals surface area contributed by atoms with E-state index in [0.29, 0.717) is 11.9 Å². The molecule has 1 heterocycles. The van der Waals surface area contributed by atoms with Gasteiger partial charge in [-0.05, 0) is 33.0 Å². The number of hydrogen-bond donors (Lipinski definition) is 2. The molecule has 14 heavy (non-hydrogen) atoms. The van der Waals surface area contributed by atoms with E-state index in [1.165, 1.54) is 0 Å². The van der Waals surface area contributed by atoms with Crippen molar-refractivity contribution in [2.24, 2.45) is 5.84 Å². The molecule has 0 spiro atoms. The van der Waals surface area contributed by atoms with Gasteiger partial charge in [-0.15, -0.1) is 0 Å². The zero-order valence-corrected chi connectivity index (χ0v) is 8.99. The van der Waals surface area contributed by atoms with Gasteiger partial charge < -0.3 is 5.43 Å². The van der Waals surface area contributed by atoms with Crippen molar-refractivity contribution in [1.82, 2.24) is 9.88 Å². The second kappa shape index (κ2) is 4.93. The molecular weight excluding hydrogens is 176 g/mol. The third-order valence-electron chi connectivity index (χ3n) is 2.25. The number of aromatic nitrogens is 1. The van der Waals surface area contributed by atoms with Crippen LogP contribution >= 0.6 is 0 Å². The molecule has 0 bridgehead atoms. The maximum Gasteiger partial charge on any atom is 0.140 e. The van der Waals surface area contributed by atoms with Gasteiger partial charge >= 0.3 is 0 Å². The summed E-state index contributed by atoms with van der Waals surface area (Å²) < 4.78 is 0. The van der Waals surface area contributed by atoms with E-state index in [4.69, 9.17) is 5.84 Å². The average molecular weight is 194 g/mol. The minimum atomic E-state index is 0.520. The SMILES string of the molecule is CC(C)N(C)Cc1cccc(NN)n1. The van der Waals surface area contributed by atoms with Crippen molar-refractivity contribution in [3.8, 4) is 0 Å². The molecule has 1 rings (SSSR count). The molecule has 1 aromatic rings. The van der Waals surface area contributed by atoms with Crippen LogP contribution in [0, 0.1) is 0 Å². The molecular formula is C10H18N4. The van der Waals surface area contributed by atoms with Gasteiger partial charge in [0.2, 0.25) is 0 Å². The summed E-state index contributed by atoms with van der Waals surface area (Å²) >= 11 is 0. The van der Waals surface area contributed by atoms with E-state index >= 15 is 0 Å². The zero-order valence-electron chi connectivity index (χ0n) is 8.99. The molecule has 0 fully saturated rings. The largest absolute Gasteiger partial charge is 0.308 e. The lowest BCUT2D eigenvalue weighted by molar-refractivity contribution is 0.263. The lowest BCUT2D eigenvalue weighted by Gasteiger charge is -2.20. The van der Waals surface area contributed by atoms with Crippen molar-refractivity contribution >= 4 is 5.82 Å². The lowest BCUT2D eigenvalue weighted by atomic mass is 10.3. The maximum atomic E-state index is 5.28. The van der Waals surface area contributed by atoms with Crippen molar-refractivity contribution in [3.05, 3.63) is 23.9 Å². The Bertz CT molecular complexity index is 285. The van der Waals surface area contributed by atoms with Gasteiger partial charge in [0.25, 0.3) is 0 Å². The third kappa shape index (κ3) is 2.97. The zero-order chi connectivity index (χ0) is 10.6. The Balaban J connectivity index is 2.66. The van der Waals surface area contributed by atoms with E-state index in [1.807, 2.05) is 18.2 Å². The molecule has 0 aliphatic heterocycles. The van der Waals surface area contributed by atoms with Crippen LogP contribution in [0.1, 0.15) is 19.5 Å². The molecule has 1 aromatic heterocycles. The highest BCUT2D eigenvalue weighted by atomic mass is 15.3. The first-order valence-electron chi connectivity index (χ1n) is 4.76. The number of nitrogens with two attached hydrogens (primary N) is 1. The fourth-order valence-corrected chi connectivity index (χ4v) is 1.09. The first-order valence-corrected chi connectivity index (χ1v) is 4.76. The van der Waals surface area contributed by atoms with Crippen molar-refractivity contribution in [2.45, 2.75) is 26.4 Å². The molecule has 0 saturated carbocycles. The van der Waals surface area contributed by atoms with E-state index < -0.39 is 0 Å². The predicted molar refractivity (Wildman–Crippen MR) is 58.7 cm³/mol. The molecule has 0 radical (unpaired) electrons. The van der Waals surface area contributed by atoms with E-state index in [9.17, 15) is 0 Å². The first kappa shape index (κ1) is 10.9.